The maximum absolute atomic E-state index is 12.7. The minimum atomic E-state index is -0.0376. The van der Waals surface area contributed by atoms with Gasteiger partial charge in [-0.2, -0.15) is 0 Å². The number of rotatable bonds is 4. The highest BCUT2D eigenvalue weighted by Gasteiger charge is 2.28. The highest BCUT2D eigenvalue weighted by molar-refractivity contribution is 6.30. The van der Waals surface area contributed by atoms with E-state index in [-0.39, 0.29) is 17.9 Å². The van der Waals surface area contributed by atoms with Gasteiger partial charge in [0.15, 0.2) is 0 Å². The van der Waals surface area contributed by atoms with Crippen molar-refractivity contribution in [1.29, 1.82) is 0 Å². The van der Waals surface area contributed by atoms with Crippen molar-refractivity contribution in [2.45, 2.75) is 32.2 Å². The van der Waals surface area contributed by atoms with Gasteiger partial charge < -0.3 is 16.4 Å². The number of hydrogen-bond acceptors (Lipinski definition) is 5. The van der Waals surface area contributed by atoms with E-state index in [1.54, 1.807) is 6.92 Å². The van der Waals surface area contributed by atoms with Crippen LogP contribution in [0.3, 0.4) is 0 Å². The van der Waals surface area contributed by atoms with Gasteiger partial charge in [0.2, 0.25) is 5.95 Å². The van der Waals surface area contributed by atoms with E-state index in [1.807, 2.05) is 29.2 Å². The topological polar surface area (TPSA) is 98.1 Å². The number of benzene rings is 1. The molecule has 1 aromatic heterocycles. The van der Waals surface area contributed by atoms with Crippen molar-refractivity contribution in [3.05, 3.63) is 52.3 Å². The predicted octanol–water partition coefficient (Wildman–Crippen LogP) is 2.44. The number of carbonyl (C=O) groups excluding carboxylic acids is 1. The van der Waals surface area contributed by atoms with Gasteiger partial charge in [-0.3, -0.25) is 4.79 Å². The number of aromatic nitrogens is 2. The molecule has 4 N–H and O–H groups in total. The zero-order valence-electron chi connectivity index (χ0n) is 14.9. The number of likely N-dealkylation sites (tertiary alicyclic amines) is 1. The van der Waals surface area contributed by atoms with Crippen LogP contribution in [0.1, 0.15) is 34.5 Å². The first-order chi connectivity index (χ1) is 12.4. The van der Waals surface area contributed by atoms with Gasteiger partial charge in [-0.1, -0.05) is 23.7 Å². The summed E-state index contributed by atoms with van der Waals surface area (Å²) in [7, 11) is 0. The molecule has 1 aromatic carbocycles. The Labute approximate surface area is 158 Å². The molecule has 1 aliphatic rings. The third-order valence-corrected chi connectivity index (χ3v) is 5.26. The minimum Gasteiger partial charge on any atom is -0.368 e. The average Bonchev–Trinajstić information content (AvgIpc) is 2.61. The predicted molar refractivity (Wildman–Crippen MR) is 103 cm³/mol. The Kier molecular flexibility index (Phi) is 5.74. The van der Waals surface area contributed by atoms with Gasteiger partial charge in [0, 0.05) is 30.4 Å². The molecule has 1 unspecified atom stereocenters. The lowest BCUT2D eigenvalue weighted by molar-refractivity contribution is 0.0676. The monoisotopic (exact) mass is 373 g/mol. The van der Waals surface area contributed by atoms with Gasteiger partial charge in [-0.05, 0) is 49.8 Å². The molecule has 138 valence electrons. The summed E-state index contributed by atoms with van der Waals surface area (Å²) in [6.45, 7) is 3.16. The number of aryl methyl sites for hydroxylation is 1. The van der Waals surface area contributed by atoms with Crippen LogP contribution < -0.4 is 11.5 Å². The van der Waals surface area contributed by atoms with Gasteiger partial charge in [0.05, 0.1) is 11.3 Å². The molecule has 3 rings (SSSR count). The van der Waals surface area contributed by atoms with Crippen LogP contribution in [0.5, 0.6) is 0 Å². The van der Waals surface area contributed by atoms with E-state index in [9.17, 15) is 4.79 Å². The number of anilines is 1. The summed E-state index contributed by atoms with van der Waals surface area (Å²) in [5, 5.41) is 0.733. The second kappa shape index (κ2) is 8.01. The van der Waals surface area contributed by atoms with E-state index >= 15 is 0 Å². The first-order valence-corrected chi connectivity index (χ1v) is 9.20. The summed E-state index contributed by atoms with van der Waals surface area (Å²) in [5.41, 5.74) is 14.3. The van der Waals surface area contributed by atoms with Gasteiger partial charge >= 0.3 is 0 Å². The number of nitrogens with zero attached hydrogens (tertiary/aromatic N) is 3. The maximum atomic E-state index is 12.7. The van der Waals surface area contributed by atoms with Crippen LogP contribution in [0.2, 0.25) is 5.02 Å². The number of piperidine rings is 1. The Morgan fingerprint density at radius 3 is 2.77 bits per heavy atom. The fourth-order valence-electron chi connectivity index (χ4n) is 3.50. The largest absolute Gasteiger partial charge is 0.368 e. The second-order valence-electron chi connectivity index (χ2n) is 6.85. The lowest BCUT2D eigenvalue weighted by Gasteiger charge is -2.35. The second-order valence-corrected chi connectivity index (χ2v) is 7.29. The van der Waals surface area contributed by atoms with E-state index in [0.29, 0.717) is 30.3 Å². The minimum absolute atomic E-state index is 0.0376. The molecule has 0 bridgehead atoms. The molecule has 1 saturated heterocycles. The lowest BCUT2D eigenvalue weighted by atomic mass is 9.86. The zero-order chi connectivity index (χ0) is 18.7. The third-order valence-electron chi connectivity index (χ3n) is 5.02. The summed E-state index contributed by atoms with van der Waals surface area (Å²) in [6, 6.07) is 7.89. The number of carbonyl (C=O) groups is 1. The number of halogens is 1. The summed E-state index contributed by atoms with van der Waals surface area (Å²) < 4.78 is 0. The quantitative estimate of drug-likeness (QED) is 0.857. The molecule has 2 aromatic rings. The average molecular weight is 374 g/mol. The van der Waals surface area contributed by atoms with Gasteiger partial charge in [-0.15, -0.1) is 0 Å². The molecule has 6 nitrogen and oxygen atoms in total. The summed E-state index contributed by atoms with van der Waals surface area (Å²) in [6.07, 6.45) is 4.09. The van der Waals surface area contributed by atoms with Crippen molar-refractivity contribution >= 4 is 23.5 Å². The van der Waals surface area contributed by atoms with Gasteiger partial charge in [-0.25, -0.2) is 9.97 Å². The molecule has 0 radical (unpaired) electrons. The van der Waals surface area contributed by atoms with Crippen LogP contribution >= 0.6 is 11.6 Å². The molecule has 1 atom stereocenters. The zero-order valence-corrected chi connectivity index (χ0v) is 15.6. The van der Waals surface area contributed by atoms with Crippen molar-refractivity contribution in [3.8, 4) is 0 Å². The van der Waals surface area contributed by atoms with Crippen molar-refractivity contribution in [1.82, 2.24) is 14.9 Å². The molecular formula is C19H24ClN5O. The van der Waals surface area contributed by atoms with Crippen LogP contribution in [-0.2, 0) is 6.42 Å². The molecule has 1 fully saturated rings. The third kappa shape index (κ3) is 4.31. The summed E-state index contributed by atoms with van der Waals surface area (Å²) >= 11 is 6.05. The molecule has 0 aliphatic carbocycles. The van der Waals surface area contributed by atoms with E-state index in [0.717, 1.165) is 29.8 Å². The molecule has 1 aliphatic heterocycles. The number of nitrogens with two attached hydrogens (primary N) is 2. The Balaban J connectivity index is 1.57. The normalized spacial score (nSPS) is 16.5. The maximum Gasteiger partial charge on any atom is 0.257 e. The van der Waals surface area contributed by atoms with Crippen molar-refractivity contribution in [2.24, 2.45) is 11.7 Å². The van der Waals surface area contributed by atoms with Crippen LogP contribution in [0.15, 0.2) is 30.5 Å². The molecule has 7 heteroatoms. The van der Waals surface area contributed by atoms with Crippen LogP contribution in [-0.4, -0.2) is 39.9 Å². The Morgan fingerprint density at radius 2 is 2.12 bits per heavy atom. The van der Waals surface area contributed by atoms with Crippen molar-refractivity contribution in [2.75, 3.05) is 18.8 Å². The number of amides is 1. The number of hydrogen-bond donors (Lipinski definition) is 2. The van der Waals surface area contributed by atoms with Crippen LogP contribution in [0, 0.1) is 12.8 Å². The standard InChI is InChI=1S/C19H24ClN5O/c1-12-16(11-23-19(22)24-12)18(26)25-7-5-14(6-8-25)17(21)10-13-3-2-4-15(20)9-13/h2-4,9,11,14,17H,5-8,10,21H2,1H3,(H2,22,23,24). The Morgan fingerprint density at radius 1 is 1.38 bits per heavy atom. The Bertz CT molecular complexity index is 789. The number of nitrogen functional groups attached to an aromatic ring is 1. The summed E-state index contributed by atoms with van der Waals surface area (Å²) in [5.74, 6) is 0.538. The van der Waals surface area contributed by atoms with Gasteiger partial charge in [0.1, 0.15) is 0 Å². The summed E-state index contributed by atoms with van der Waals surface area (Å²) in [4.78, 5) is 22.6. The van der Waals surface area contributed by atoms with E-state index in [1.165, 1.54) is 6.20 Å². The van der Waals surface area contributed by atoms with Gasteiger partial charge in [0.25, 0.3) is 5.91 Å². The molecule has 1 amide bonds. The highest BCUT2D eigenvalue weighted by atomic mass is 35.5. The van der Waals surface area contributed by atoms with E-state index < -0.39 is 0 Å². The fraction of sp³-hybridized carbons (Fsp3) is 0.421. The highest BCUT2D eigenvalue weighted by Crippen LogP contribution is 2.24. The van der Waals surface area contributed by atoms with E-state index in [4.69, 9.17) is 23.1 Å². The molecule has 0 spiro atoms. The molecule has 0 saturated carbocycles. The Hall–Kier alpha value is -2.18. The van der Waals surface area contributed by atoms with Crippen LogP contribution in [0.4, 0.5) is 5.95 Å². The molecular weight excluding hydrogens is 350 g/mol. The van der Waals surface area contributed by atoms with Crippen LogP contribution in [0.25, 0.3) is 0 Å². The fourth-order valence-corrected chi connectivity index (χ4v) is 3.71. The molecule has 26 heavy (non-hydrogen) atoms. The van der Waals surface area contributed by atoms with Crippen molar-refractivity contribution < 1.29 is 4.79 Å². The van der Waals surface area contributed by atoms with E-state index in [2.05, 4.69) is 9.97 Å². The lowest BCUT2D eigenvalue weighted by Crippen LogP contribution is -2.44. The SMILES string of the molecule is Cc1nc(N)ncc1C(=O)N1CCC(C(N)Cc2cccc(Cl)c2)CC1. The van der Waals surface area contributed by atoms with Crippen molar-refractivity contribution in [3.63, 3.8) is 0 Å². The smallest absolute Gasteiger partial charge is 0.257 e. The first kappa shape index (κ1) is 18.6. The first-order valence-electron chi connectivity index (χ1n) is 8.82. The molecule has 2 heterocycles.